The van der Waals surface area contributed by atoms with Crippen molar-refractivity contribution in [3.8, 4) is 5.75 Å². The van der Waals surface area contributed by atoms with Gasteiger partial charge in [-0.2, -0.15) is 0 Å². The smallest absolute Gasteiger partial charge is 0.323 e. The van der Waals surface area contributed by atoms with E-state index < -0.39 is 5.97 Å². The summed E-state index contributed by atoms with van der Waals surface area (Å²) in [6, 6.07) is 16.4. The molecule has 5 nitrogen and oxygen atoms in total. The van der Waals surface area contributed by atoms with Gasteiger partial charge in [0.2, 0.25) is 0 Å². The van der Waals surface area contributed by atoms with Gasteiger partial charge in [0.1, 0.15) is 18.9 Å². The van der Waals surface area contributed by atoms with Crippen molar-refractivity contribution >= 4 is 22.6 Å². The number of anilines is 1. The molecule has 0 radical (unpaired) electrons. The van der Waals surface area contributed by atoms with E-state index in [1.54, 1.807) is 10.8 Å². The molecule has 3 aromatic rings. The van der Waals surface area contributed by atoms with Crippen LogP contribution in [0.4, 0.5) is 5.69 Å². The third-order valence-corrected chi connectivity index (χ3v) is 5.66. The van der Waals surface area contributed by atoms with Crippen LogP contribution >= 0.6 is 0 Å². The topological polar surface area (TPSA) is 54.7 Å². The van der Waals surface area contributed by atoms with Crippen LogP contribution in [-0.4, -0.2) is 35.3 Å². The zero-order valence-electron chi connectivity index (χ0n) is 16.4. The summed E-state index contributed by atoms with van der Waals surface area (Å²) in [4.78, 5) is 13.4. The molecule has 1 N–H and O–H groups in total. The fourth-order valence-electron chi connectivity index (χ4n) is 4.05. The van der Waals surface area contributed by atoms with Gasteiger partial charge in [-0.05, 0) is 47.7 Å². The molecule has 2 heterocycles. The highest BCUT2D eigenvalue weighted by Gasteiger charge is 2.30. The van der Waals surface area contributed by atoms with Crippen molar-refractivity contribution in [3.05, 3.63) is 60.3 Å². The lowest BCUT2D eigenvalue weighted by Crippen LogP contribution is -2.39. The van der Waals surface area contributed by atoms with E-state index in [4.69, 9.17) is 9.84 Å². The summed E-state index contributed by atoms with van der Waals surface area (Å²) in [7, 11) is 0. The summed E-state index contributed by atoms with van der Waals surface area (Å²) in [6.45, 7) is 7.07. The number of fused-ring (bicyclic) bond motifs is 2. The van der Waals surface area contributed by atoms with E-state index in [1.807, 2.05) is 24.3 Å². The second-order valence-corrected chi connectivity index (χ2v) is 8.04. The molecule has 1 aliphatic heterocycles. The number of carboxylic acids is 1. The maximum atomic E-state index is 10.9. The van der Waals surface area contributed by atoms with Gasteiger partial charge in [0, 0.05) is 29.3 Å². The first-order chi connectivity index (χ1) is 13.4. The van der Waals surface area contributed by atoms with Gasteiger partial charge < -0.3 is 19.3 Å². The van der Waals surface area contributed by atoms with Crippen molar-refractivity contribution in [2.75, 3.05) is 24.6 Å². The first-order valence-electron chi connectivity index (χ1n) is 9.72. The minimum absolute atomic E-state index is 0.0333. The van der Waals surface area contributed by atoms with Gasteiger partial charge in [-0.25, -0.2) is 0 Å². The maximum absolute atomic E-state index is 10.9. The first-order valence-corrected chi connectivity index (χ1v) is 9.72. The zero-order chi connectivity index (χ0) is 19.7. The van der Waals surface area contributed by atoms with Crippen molar-refractivity contribution in [2.45, 2.75) is 32.2 Å². The Balaban J connectivity index is 1.42. The fourth-order valence-corrected chi connectivity index (χ4v) is 4.05. The van der Waals surface area contributed by atoms with E-state index in [-0.39, 0.29) is 12.0 Å². The Morgan fingerprint density at radius 3 is 2.82 bits per heavy atom. The highest BCUT2D eigenvalue weighted by molar-refractivity contribution is 5.83. The van der Waals surface area contributed by atoms with Crippen molar-refractivity contribution < 1.29 is 14.6 Å². The van der Waals surface area contributed by atoms with Crippen molar-refractivity contribution in [1.29, 1.82) is 0 Å². The Morgan fingerprint density at radius 2 is 2.00 bits per heavy atom. The number of carboxylic acid groups (broad SMARTS) is 1. The Bertz CT molecular complexity index is 1010. The van der Waals surface area contributed by atoms with E-state index in [2.05, 4.69) is 43.0 Å². The average Bonchev–Trinajstić information content (AvgIpc) is 3.05. The zero-order valence-corrected chi connectivity index (χ0v) is 16.4. The molecule has 5 heteroatoms. The standard InChI is InChI=1S/C23H26N2O3/c1-23(2)10-12-24(21-6-4-3-5-19(21)23)13-14-28-18-7-8-20-17(15-18)9-11-25(20)16-22(26)27/h3-9,11,15H,10,12-14,16H2,1-2H3,(H,26,27). The molecule has 0 aliphatic carbocycles. The van der Waals surface area contributed by atoms with Crippen LogP contribution in [-0.2, 0) is 16.8 Å². The quantitative estimate of drug-likeness (QED) is 0.695. The van der Waals surface area contributed by atoms with Crippen LogP contribution in [0, 0.1) is 0 Å². The minimum Gasteiger partial charge on any atom is -0.492 e. The highest BCUT2D eigenvalue weighted by atomic mass is 16.5. The lowest BCUT2D eigenvalue weighted by molar-refractivity contribution is -0.137. The number of rotatable bonds is 6. The fraction of sp³-hybridized carbons (Fsp3) is 0.348. The number of hydrogen-bond acceptors (Lipinski definition) is 3. The van der Waals surface area contributed by atoms with Gasteiger partial charge in [-0.1, -0.05) is 32.0 Å². The van der Waals surface area contributed by atoms with Crippen LogP contribution in [0.1, 0.15) is 25.8 Å². The SMILES string of the molecule is CC1(C)CCN(CCOc2ccc3c(ccn3CC(=O)O)c2)c2ccccc21. The number of aliphatic carboxylic acids is 1. The van der Waals surface area contributed by atoms with E-state index >= 15 is 0 Å². The Hall–Kier alpha value is -2.95. The predicted molar refractivity (Wildman–Crippen MR) is 111 cm³/mol. The third-order valence-electron chi connectivity index (χ3n) is 5.66. The number of hydrogen-bond donors (Lipinski definition) is 1. The summed E-state index contributed by atoms with van der Waals surface area (Å²) in [6.07, 6.45) is 2.93. The normalized spacial score (nSPS) is 15.4. The Labute approximate surface area is 165 Å². The van der Waals surface area contributed by atoms with Crippen LogP contribution in [0.2, 0.25) is 0 Å². The van der Waals surface area contributed by atoms with Gasteiger partial charge in [0.25, 0.3) is 0 Å². The summed E-state index contributed by atoms with van der Waals surface area (Å²) >= 11 is 0. The summed E-state index contributed by atoms with van der Waals surface area (Å²) < 4.78 is 7.74. The summed E-state index contributed by atoms with van der Waals surface area (Å²) in [5, 5.41) is 9.98. The highest BCUT2D eigenvalue weighted by Crippen LogP contribution is 2.39. The molecule has 0 amide bonds. The lowest BCUT2D eigenvalue weighted by atomic mass is 9.78. The second kappa shape index (κ2) is 7.23. The Kier molecular flexibility index (Phi) is 4.75. The van der Waals surface area contributed by atoms with Gasteiger partial charge in [-0.15, -0.1) is 0 Å². The van der Waals surface area contributed by atoms with Gasteiger partial charge in [0.05, 0.1) is 6.54 Å². The number of aromatic nitrogens is 1. The van der Waals surface area contributed by atoms with Gasteiger partial charge in [-0.3, -0.25) is 4.79 Å². The molecule has 146 valence electrons. The molecule has 0 fully saturated rings. The van der Waals surface area contributed by atoms with Crippen LogP contribution < -0.4 is 9.64 Å². The molecule has 0 atom stereocenters. The van der Waals surface area contributed by atoms with E-state index in [0.717, 1.165) is 36.2 Å². The van der Waals surface area contributed by atoms with Gasteiger partial charge in [0.15, 0.2) is 0 Å². The number of carbonyl (C=O) groups is 1. The molecular formula is C23H26N2O3. The minimum atomic E-state index is -0.845. The van der Waals surface area contributed by atoms with Crippen LogP contribution in [0.25, 0.3) is 10.9 Å². The predicted octanol–water partition coefficient (Wildman–Crippen LogP) is 4.29. The molecule has 4 rings (SSSR count). The molecule has 0 unspecified atom stereocenters. The largest absolute Gasteiger partial charge is 0.492 e. The molecule has 0 bridgehead atoms. The van der Waals surface area contributed by atoms with Crippen molar-refractivity contribution in [1.82, 2.24) is 4.57 Å². The summed E-state index contributed by atoms with van der Waals surface area (Å²) in [5.41, 5.74) is 3.83. The maximum Gasteiger partial charge on any atom is 0.323 e. The molecular weight excluding hydrogens is 352 g/mol. The van der Waals surface area contributed by atoms with Gasteiger partial charge >= 0.3 is 5.97 Å². The molecule has 0 saturated heterocycles. The van der Waals surface area contributed by atoms with E-state index in [0.29, 0.717) is 6.61 Å². The monoisotopic (exact) mass is 378 g/mol. The molecule has 1 aromatic heterocycles. The van der Waals surface area contributed by atoms with Crippen LogP contribution in [0.5, 0.6) is 5.75 Å². The molecule has 1 aliphatic rings. The average molecular weight is 378 g/mol. The third kappa shape index (κ3) is 3.57. The molecule has 2 aromatic carbocycles. The second-order valence-electron chi connectivity index (χ2n) is 8.04. The lowest BCUT2D eigenvalue weighted by Gasteiger charge is -2.40. The number of benzene rings is 2. The van der Waals surface area contributed by atoms with Crippen LogP contribution in [0.3, 0.4) is 0 Å². The van der Waals surface area contributed by atoms with Crippen molar-refractivity contribution in [2.24, 2.45) is 0 Å². The number of ether oxygens (including phenoxy) is 1. The molecule has 0 spiro atoms. The number of para-hydroxylation sites is 1. The summed E-state index contributed by atoms with van der Waals surface area (Å²) in [5.74, 6) is -0.0333. The molecule has 0 saturated carbocycles. The first kappa shape index (κ1) is 18.4. The number of nitrogens with zero attached hydrogens (tertiary/aromatic N) is 2. The van der Waals surface area contributed by atoms with E-state index in [1.165, 1.54) is 11.3 Å². The Morgan fingerprint density at radius 1 is 1.18 bits per heavy atom. The van der Waals surface area contributed by atoms with E-state index in [9.17, 15) is 4.79 Å². The van der Waals surface area contributed by atoms with Crippen LogP contribution in [0.15, 0.2) is 54.7 Å². The molecule has 28 heavy (non-hydrogen) atoms. The van der Waals surface area contributed by atoms with Crippen molar-refractivity contribution in [3.63, 3.8) is 0 Å².